The summed E-state index contributed by atoms with van der Waals surface area (Å²) >= 11 is 0. The molecule has 0 unspecified atom stereocenters. The number of amides is 1. The van der Waals surface area contributed by atoms with Crippen LogP contribution in [-0.2, 0) is 4.74 Å². The van der Waals surface area contributed by atoms with Crippen LogP contribution >= 0.6 is 0 Å². The van der Waals surface area contributed by atoms with Crippen molar-refractivity contribution < 1.29 is 9.53 Å². The van der Waals surface area contributed by atoms with Gasteiger partial charge in [-0.2, -0.15) is 0 Å². The molecule has 1 amide bonds. The van der Waals surface area contributed by atoms with Crippen molar-refractivity contribution in [3.8, 4) is 0 Å². The number of nitrogens with zero attached hydrogens (tertiary/aromatic N) is 4. The molecule has 6 heteroatoms. The fourth-order valence-corrected chi connectivity index (χ4v) is 1.40. The van der Waals surface area contributed by atoms with Crippen molar-refractivity contribution in [3.05, 3.63) is 10.4 Å². The summed E-state index contributed by atoms with van der Waals surface area (Å²) in [7, 11) is 0. The molecule has 17 heavy (non-hydrogen) atoms. The predicted molar refractivity (Wildman–Crippen MR) is 66.7 cm³/mol. The van der Waals surface area contributed by atoms with Gasteiger partial charge in [-0.25, -0.2) is 4.79 Å². The van der Waals surface area contributed by atoms with Crippen LogP contribution in [0.15, 0.2) is 5.11 Å². The van der Waals surface area contributed by atoms with E-state index < -0.39 is 5.60 Å². The lowest BCUT2D eigenvalue weighted by Crippen LogP contribution is -2.35. The summed E-state index contributed by atoms with van der Waals surface area (Å²) < 4.78 is 5.20. The Morgan fingerprint density at radius 2 is 2.06 bits per heavy atom. The van der Waals surface area contributed by atoms with Gasteiger partial charge in [0.15, 0.2) is 0 Å². The van der Waals surface area contributed by atoms with E-state index in [4.69, 9.17) is 10.3 Å². The van der Waals surface area contributed by atoms with E-state index in [1.807, 2.05) is 34.6 Å². The molecule has 98 valence electrons. The normalized spacial score (nSPS) is 18.9. The van der Waals surface area contributed by atoms with Crippen molar-refractivity contribution in [2.75, 3.05) is 13.1 Å². The topological polar surface area (TPSA) is 78.3 Å². The highest BCUT2D eigenvalue weighted by molar-refractivity contribution is 5.68. The average molecular weight is 242 g/mol. The number of rotatable bonds is 1. The van der Waals surface area contributed by atoms with Gasteiger partial charge in [-0.15, -0.1) is 0 Å². The first-order valence-corrected chi connectivity index (χ1v) is 5.94. The minimum Gasteiger partial charge on any atom is -0.444 e. The van der Waals surface area contributed by atoms with Crippen LogP contribution in [0.5, 0.6) is 0 Å². The molecular weight excluding hydrogens is 220 g/mol. The smallest absolute Gasteiger partial charge is 0.410 e. The first-order chi connectivity index (χ1) is 7.92. The van der Waals surface area contributed by atoms with Gasteiger partial charge in [-0.1, -0.05) is 19.0 Å². The van der Waals surface area contributed by atoms with Crippen molar-refractivity contribution in [2.45, 2.75) is 52.7 Å². The Labute approximate surface area is 103 Å². The molecule has 1 atom stereocenters. The van der Waals surface area contributed by atoms with Crippen LogP contribution in [0.3, 0.4) is 0 Å². The number of ether oxygens (including phenoxy) is 1. The first kappa shape index (κ1) is 15.6. The van der Waals surface area contributed by atoms with Crippen LogP contribution in [0.4, 0.5) is 4.79 Å². The molecule has 0 radical (unpaired) electrons. The average Bonchev–Trinajstić information content (AvgIpc) is 2.67. The van der Waals surface area contributed by atoms with Crippen molar-refractivity contribution in [1.29, 1.82) is 0 Å². The largest absolute Gasteiger partial charge is 0.444 e. The third-order valence-electron chi connectivity index (χ3n) is 2.03. The third-order valence-corrected chi connectivity index (χ3v) is 2.03. The maximum absolute atomic E-state index is 11.6. The second-order valence-electron chi connectivity index (χ2n) is 4.57. The van der Waals surface area contributed by atoms with E-state index in [1.54, 1.807) is 4.90 Å². The van der Waals surface area contributed by atoms with Crippen LogP contribution in [0.2, 0.25) is 0 Å². The lowest BCUT2D eigenvalue weighted by Gasteiger charge is -2.24. The molecule has 0 N–H and O–H groups in total. The minimum absolute atomic E-state index is 0.109. The van der Waals surface area contributed by atoms with Gasteiger partial charge in [-0.3, -0.25) is 0 Å². The molecule has 1 aliphatic rings. The number of carbonyl (C=O) groups is 1. The summed E-state index contributed by atoms with van der Waals surface area (Å²) in [5.74, 6) is 0. The molecule has 1 aliphatic heterocycles. The maximum atomic E-state index is 11.6. The molecule has 0 aliphatic carbocycles. The Hall–Kier alpha value is -1.42. The summed E-state index contributed by atoms with van der Waals surface area (Å²) in [6.07, 6.45) is 0.377. The van der Waals surface area contributed by atoms with Crippen molar-refractivity contribution in [1.82, 2.24) is 4.90 Å². The molecule has 6 nitrogen and oxygen atoms in total. The lowest BCUT2D eigenvalue weighted by atomic mass is 10.2. The molecule has 0 aromatic rings. The molecule has 0 saturated carbocycles. The van der Waals surface area contributed by atoms with E-state index in [9.17, 15) is 4.79 Å². The lowest BCUT2D eigenvalue weighted by molar-refractivity contribution is 0.0293. The van der Waals surface area contributed by atoms with Gasteiger partial charge in [0.2, 0.25) is 0 Å². The van der Waals surface area contributed by atoms with Crippen LogP contribution in [0.25, 0.3) is 10.4 Å². The quantitative estimate of drug-likeness (QED) is 0.401. The highest BCUT2D eigenvalue weighted by atomic mass is 16.6. The highest BCUT2D eigenvalue weighted by Crippen LogP contribution is 2.16. The predicted octanol–water partition coefficient (Wildman–Crippen LogP) is 3.33. The molecule has 0 spiro atoms. The van der Waals surface area contributed by atoms with Gasteiger partial charge in [0, 0.05) is 18.0 Å². The summed E-state index contributed by atoms with van der Waals surface area (Å²) in [6.45, 7) is 10.5. The Bertz CT molecular complexity index is 292. The SMILES string of the molecule is CC.CC(C)(C)OC(=O)N1CC[C@H](N=[N+]=[N-])C1. The van der Waals surface area contributed by atoms with Gasteiger partial charge in [0.05, 0.1) is 6.04 Å². The zero-order chi connectivity index (χ0) is 13.5. The van der Waals surface area contributed by atoms with Gasteiger partial charge in [-0.05, 0) is 32.7 Å². The molecular formula is C11H22N4O2. The number of hydrogen-bond acceptors (Lipinski definition) is 3. The monoisotopic (exact) mass is 242 g/mol. The fourth-order valence-electron chi connectivity index (χ4n) is 1.40. The van der Waals surface area contributed by atoms with E-state index in [1.165, 1.54) is 0 Å². The van der Waals surface area contributed by atoms with Crippen LogP contribution in [-0.4, -0.2) is 35.7 Å². The first-order valence-electron chi connectivity index (χ1n) is 5.94. The Balaban J connectivity index is 0.00000121. The van der Waals surface area contributed by atoms with E-state index in [0.29, 0.717) is 19.5 Å². The van der Waals surface area contributed by atoms with Crippen molar-refractivity contribution in [3.63, 3.8) is 0 Å². The highest BCUT2D eigenvalue weighted by Gasteiger charge is 2.28. The van der Waals surface area contributed by atoms with E-state index in [2.05, 4.69) is 10.0 Å². The molecule has 0 bridgehead atoms. The summed E-state index contributed by atoms with van der Waals surface area (Å²) in [4.78, 5) is 15.9. The second kappa shape index (κ2) is 7.01. The van der Waals surface area contributed by atoms with Gasteiger partial charge in [0.25, 0.3) is 0 Å². The Kier molecular flexibility index (Phi) is 6.43. The minimum atomic E-state index is -0.479. The van der Waals surface area contributed by atoms with E-state index in [-0.39, 0.29) is 12.1 Å². The molecule has 1 rings (SSSR count). The zero-order valence-corrected chi connectivity index (χ0v) is 11.3. The number of carbonyl (C=O) groups excluding carboxylic acids is 1. The van der Waals surface area contributed by atoms with Gasteiger partial charge in [0.1, 0.15) is 5.60 Å². The van der Waals surface area contributed by atoms with E-state index >= 15 is 0 Å². The van der Waals surface area contributed by atoms with Gasteiger partial charge >= 0.3 is 6.09 Å². The van der Waals surface area contributed by atoms with E-state index in [0.717, 1.165) is 0 Å². The Morgan fingerprint density at radius 3 is 2.53 bits per heavy atom. The molecule has 0 aromatic carbocycles. The fraction of sp³-hybridized carbons (Fsp3) is 0.909. The van der Waals surface area contributed by atoms with Gasteiger partial charge < -0.3 is 9.64 Å². The number of likely N-dealkylation sites (tertiary alicyclic amines) is 1. The second-order valence-corrected chi connectivity index (χ2v) is 4.57. The Morgan fingerprint density at radius 1 is 1.47 bits per heavy atom. The van der Waals surface area contributed by atoms with Crippen LogP contribution < -0.4 is 0 Å². The zero-order valence-electron chi connectivity index (χ0n) is 11.3. The van der Waals surface area contributed by atoms with Crippen molar-refractivity contribution >= 4 is 6.09 Å². The summed E-state index contributed by atoms with van der Waals surface area (Å²) in [6, 6.07) is -0.109. The molecule has 0 aromatic heterocycles. The van der Waals surface area contributed by atoms with Crippen LogP contribution in [0, 0.1) is 0 Å². The van der Waals surface area contributed by atoms with Crippen LogP contribution in [0.1, 0.15) is 41.0 Å². The third kappa shape index (κ3) is 6.02. The summed E-state index contributed by atoms with van der Waals surface area (Å²) in [5, 5.41) is 3.58. The number of hydrogen-bond donors (Lipinski definition) is 0. The summed E-state index contributed by atoms with van der Waals surface area (Å²) in [5.41, 5.74) is 7.78. The van der Waals surface area contributed by atoms with Crippen molar-refractivity contribution in [2.24, 2.45) is 5.11 Å². The maximum Gasteiger partial charge on any atom is 0.410 e. The molecule has 1 fully saturated rings. The molecule has 1 heterocycles. The number of azide groups is 1. The molecule has 1 saturated heterocycles. The standard InChI is InChI=1S/C9H16N4O2.C2H6/c1-9(2,3)15-8(14)13-5-4-7(6-13)11-12-10;1-2/h7H,4-6H2,1-3H3;1-2H3/t7-;/m0./s1.